The molecule has 1 saturated heterocycles. The summed E-state index contributed by atoms with van der Waals surface area (Å²) >= 11 is 0. The van der Waals surface area contributed by atoms with Crippen LogP contribution in [0.1, 0.15) is 42.6 Å². The monoisotopic (exact) mass is 277 g/mol. The van der Waals surface area contributed by atoms with Crippen LogP contribution in [0.2, 0.25) is 0 Å². The van der Waals surface area contributed by atoms with Crippen LogP contribution in [0.5, 0.6) is 0 Å². The molecule has 0 radical (unpaired) electrons. The lowest BCUT2D eigenvalue weighted by atomic mass is 9.86. The first-order valence-corrected chi connectivity index (χ1v) is 7.19. The van der Waals surface area contributed by atoms with Crippen molar-refractivity contribution in [1.82, 2.24) is 15.0 Å². The zero-order valence-corrected chi connectivity index (χ0v) is 11.4. The number of nitrogens with zero attached hydrogens (tertiary/aromatic N) is 3. The molecule has 108 valence electrons. The van der Waals surface area contributed by atoms with Crippen LogP contribution in [0.3, 0.4) is 0 Å². The summed E-state index contributed by atoms with van der Waals surface area (Å²) in [6.45, 7) is 1.48. The molecule has 20 heavy (non-hydrogen) atoms. The molecule has 2 aliphatic rings. The number of carbonyl (C=O) groups is 1. The molecule has 0 unspecified atom stereocenters. The minimum absolute atomic E-state index is 0.115. The van der Waals surface area contributed by atoms with E-state index in [4.69, 9.17) is 9.57 Å². The summed E-state index contributed by atoms with van der Waals surface area (Å²) in [6, 6.07) is 0. The third-order valence-electron chi connectivity index (χ3n) is 3.87. The maximum Gasteiger partial charge on any atom is 0.377 e. The largest absolute Gasteiger partial charge is 0.377 e. The second-order valence-electron chi connectivity index (χ2n) is 5.34. The van der Waals surface area contributed by atoms with Crippen molar-refractivity contribution in [3.05, 3.63) is 24.3 Å². The summed E-state index contributed by atoms with van der Waals surface area (Å²) in [6.07, 6.45) is 9.99. The SMILES string of the molecule is O=C(ON1CCC[C@@H]1OCC1CCC1)c1cnccn1. The molecule has 1 aliphatic heterocycles. The lowest BCUT2D eigenvalue weighted by Crippen LogP contribution is -2.36. The Morgan fingerprint density at radius 3 is 2.90 bits per heavy atom. The van der Waals surface area contributed by atoms with Crippen LogP contribution < -0.4 is 0 Å². The lowest BCUT2D eigenvalue weighted by molar-refractivity contribution is -0.200. The molecule has 0 aromatic carbocycles. The summed E-state index contributed by atoms with van der Waals surface area (Å²) in [7, 11) is 0. The Morgan fingerprint density at radius 2 is 2.20 bits per heavy atom. The third kappa shape index (κ3) is 3.13. The van der Waals surface area contributed by atoms with Crippen molar-refractivity contribution in [2.45, 2.75) is 38.3 Å². The van der Waals surface area contributed by atoms with Crippen LogP contribution in [0.25, 0.3) is 0 Å². The smallest absolute Gasteiger partial charge is 0.360 e. The highest BCUT2D eigenvalue weighted by molar-refractivity contribution is 5.86. The van der Waals surface area contributed by atoms with Crippen molar-refractivity contribution in [2.75, 3.05) is 13.2 Å². The maximum atomic E-state index is 11.9. The highest BCUT2D eigenvalue weighted by Gasteiger charge is 2.30. The fraction of sp³-hybridized carbons (Fsp3) is 0.643. The van der Waals surface area contributed by atoms with E-state index in [1.54, 1.807) is 5.06 Å². The van der Waals surface area contributed by atoms with Gasteiger partial charge in [0, 0.05) is 18.9 Å². The Kier molecular flexibility index (Phi) is 4.22. The Morgan fingerprint density at radius 1 is 1.30 bits per heavy atom. The Labute approximate surface area is 118 Å². The van der Waals surface area contributed by atoms with E-state index in [2.05, 4.69) is 9.97 Å². The van der Waals surface area contributed by atoms with E-state index >= 15 is 0 Å². The fourth-order valence-corrected chi connectivity index (χ4v) is 2.45. The van der Waals surface area contributed by atoms with Gasteiger partial charge in [-0.15, -0.1) is 5.06 Å². The number of aromatic nitrogens is 2. The van der Waals surface area contributed by atoms with E-state index in [-0.39, 0.29) is 11.9 Å². The molecule has 0 amide bonds. The number of hydroxylamine groups is 2. The average Bonchev–Trinajstić information content (AvgIpc) is 2.85. The zero-order valence-electron chi connectivity index (χ0n) is 11.4. The first-order chi connectivity index (χ1) is 9.83. The van der Waals surface area contributed by atoms with Gasteiger partial charge in [0.1, 0.15) is 6.23 Å². The fourth-order valence-electron chi connectivity index (χ4n) is 2.45. The van der Waals surface area contributed by atoms with E-state index in [0.29, 0.717) is 12.5 Å². The molecule has 0 spiro atoms. The molecule has 2 heterocycles. The molecule has 1 aromatic heterocycles. The van der Waals surface area contributed by atoms with Gasteiger partial charge in [-0.1, -0.05) is 6.42 Å². The van der Waals surface area contributed by atoms with Gasteiger partial charge in [0.05, 0.1) is 12.8 Å². The predicted octanol–water partition coefficient (Wildman–Crippen LogP) is 1.79. The number of carbonyl (C=O) groups excluding carboxylic acids is 1. The van der Waals surface area contributed by atoms with Crippen molar-refractivity contribution in [2.24, 2.45) is 5.92 Å². The number of hydrogen-bond acceptors (Lipinski definition) is 6. The van der Waals surface area contributed by atoms with Crippen molar-refractivity contribution in [1.29, 1.82) is 0 Å². The van der Waals surface area contributed by atoms with Gasteiger partial charge < -0.3 is 9.57 Å². The van der Waals surface area contributed by atoms with E-state index in [1.165, 1.54) is 37.9 Å². The summed E-state index contributed by atoms with van der Waals surface area (Å²) in [5.74, 6) is 0.213. The van der Waals surface area contributed by atoms with E-state index in [9.17, 15) is 4.79 Å². The molecular weight excluding hydrogens is 258 g/mol. The molecule has 0 N–H and O–H groups in total. The van der Waals surface area contributed by atoms with Gasteiger partial charge >= 0.3 is 5.97 Å². The van der Waals surface area contributed by atoms with Gasteiger partial charge in [0.15, 0.2) is 5.69 Å². The molecule has 1 saturated carbocycles. The molecular formula is C14H19N3O3. The van der Waals surface area contributed by atoms with Crippen LogP contribution in [0, 0.1) is 5.92 Å². The zero-order chi connectivity index (χ0) is 13.8. The van der Waals surface area contributed by atoms with Gasteiger partial charge in [-0.2, -0.15) is 0 Å². The molecule has 1 aliphatic carbocycles. The van der Waals surface area contributed by atoms with Gasteiger partial charge in [-0.25, -0.2) is 9.78 Å². The molecule has 3 rings (SSSR count). The summed E-state index contributed by atoms with van der Waals surface area (Å²) < 4.78 is 5.87. The van der Waals surface area contributed by atoms with E-state index in [1.807, 2.05) is 0 Å². The van der Waals surface area contributed by atoms with Crippen molar-refractivity contribution in [3.8, 4) is 0 Å². The van der Waals surface area contributed by atoms with E-state index in [0.717, 1.165) is 19.4 Å². The first-order valence-electron chi connectivity index (χ1n) is 7.19. The highest BCUT2D eigenvalue weighted by atomic mass is 16.7. The summed E-state index contributed by atoms with van der Waals surface area (Å²) in [4.78, 5) is 25.1. The number of rotatable bonds is 5. The minimum atomic E-state index is -0.475. The Balaban J connectivity index is 1.51. The van der Waals surface area contributed by atoms with Crippen LogP contribution >= 0.6 is 0 Å². The van der Waals surface area contributed by atoms with Crippen LogP contribution in [0.4, 0.5) is 0 Å². The molecule has 1 aromatic rings. The van der Waals surface area contributed by atoms with Gasteiger partial charge in [-0.05, 0) is 31.6 Å². The second-order valence-corrected chi connectivity index (χ2v) is 5.34. The van der Waals surface area contributed by atoms with Crippen molar-refractivity contribution < 1.29 is 14.4 Å². The van der Waals surface area contributed by atoms with Crippen LogP contribution in [-0.2, 0) is 9.57 Å². The normalized spacial score (nSPS) is 23.5. The molecule has 1 atom stereocenters. The summed E-state index contributed by atoms with van der Waals surface area (Å²) in [5, 5.41) is 1.63. The Hall–Kier alpha value is -1.53. The average molecular weight is 277 g/mol. The van der Waals surface area contributed by atoms with Gasteiger partial charge in [0.25, 0.3) is 0 Å². The minimum Gasteiger partial charge on any atom is -0.360 e. The van der Waals surface area contributed by atoms with Crippen LogP contribution in [-0.4, -0.2) is 40.4 Å². The maximum absolute atomic E-state index is 11.9. The van der Waals surface area contributed by atoms with Crippen LogP contribution in [0.15, 0.2) is 18.6 Å². The van der Waals surface area contributed by atoms with Gasteiger partial charge in [-0.3, -0.25) is 4.98 Å². The standard InChI is InChI=1S/C14H19N3O3/c18-14(12-9-15-6-7-16-12)20-17-8-2-5-13(17)19-10-11-3-1-4-11/h6-7,9,11,13H,1-5,8,10H2/t13-/m0/s1. The lowest BCUT2D eigenvalue weighted by Gasteiger charge is -2.29. The second kappa shape index (κ2) is 6.28. The molecule has 6 nitrogen and oxygen atoms in total. The van der Waals surface area contributed by atoms with Crippen molar-refractivity contribution in [3.63, 3.8) is 0 Å². The quantitative estimate of drug-likeness (QED) is 0.817. The number of hydrogen-bond donors (Lipinski definition) is 0. The first kappa shape index (κ1) is 13.5. The molecule has 0 bridgehead atoms. The Bertz CT molecular complexity index is 450. The third-order valence-corrected chi connectivity index (χ3v) is 3.87. The highest BCUT2D eigenvalue weighted by Crippen LogP contribution is 2.28. The number of ether oxygens (including phenoxy) is 1. The molecule has 2 fully saturated rings. The molecule has 6 heteroatoms. The van der Waals surface area contributed by atoms with Crippen molar-refractivity contribution >= 4 is 5.97 Å². The topological polar surface area (TPSA) is 64.5 Å². The van der Waals surface area contributed by atoms with Gasteiger partial charge in [0.2, 0.25) is 0 Å². The predicted molar refractivity (Wildman–Crippen MR) is 70.5 cm³/mol. The summed E-state index contributed by atoms with van der Waals surface area (Å²) in [5.41, 5.74) is 0.220. The van der Waals surface area contributed by atoms with E-state index < -0.39 is 5.97 Å².